The highest BCUT2D eigenvalue weighted by Gasteiger charge is 2.27. The molecule has 0 saturated carbocycles. The maximum absolute atomic E-state index is 12.2. The van der Waals surface area contributed by atoms with Gasteiger partial charge >= 0.3 is 5.97 Å². The second-order valence-corrected chi connectivity index (χ2v) is 7.36. The number of para-hydroxylation sites is 2. The van der Waals surface area contributed by atoms with Crippen molar-refractivity contribution in [2.24, 2.45) is 0 Å². The van der Waals surface area contributed by atoms with Crippen molar-refractivity contribution in [3.63, 3.8) is 0 Å². The highest BCUT2D eigenvalue weighted by atomic mass is 16.6. The Hall–Kier alpha value is -4.34. The summed E-state index contributed by atoms with van der Waals surface area (Å²) in [6, 6.07) is 15.6. The van der Waals surface area contributed by atoms with E-state index in [2.05, 4.69) is 16.0 Å². The van der Waals surface area contributed by atoms with Gasteiger partial charge in [0, 0.05) is 5.69 Å². The first-order valence-electron chi connectivity index (χ1n) is 10.2. The van der Waals surface area contributed by atoms with Gasteiger partial charge in [-0.05, 0) is 56.3 Å². The van der Waals surface area contributed by atoms with E-state index in [0.29, 0.717) is 11.5 Å². The van der Waals surface area contributed by atoms with E-state index in [4.69, 9.17) is 14.2 Å². The number of carbonyl (C=O) groups excluding carboxylic acids is 3. The molecule has 3 aromatic rings. The summed E-state index contributed by atoms with van der Waals surface area (Å²) >= 11 is 0. The van der Waals surface area contributed by atoms with Gasteiger partial charge in [-0.3, -0.25) is 20.4 Å². The average Bonchev–Trinajstić information content (AvgIpc) is 3.18. The topological polar surface area (TPSA) is 121 Å². The van der Waals surface area contributed by atoms with Crippen molar-refractivity contribution >= 4 is 17.8 Å². The van der Waals surface area contributed by atoms with E-state index in [1.165, 1.54) is 0 Å². The number of carbonyl (C=O) groups is 3. The number of hydrogen-bond donors (Lipinski definition) is 2. The van der Waals surface area contributed by atoms with Gasteiger partial charge in [0.05, 0.1) is 16.9 Å². The number of aryl methyl sites for hydroxylation is 2. The van der Waals surface area contributed by atoms with E-state index in [1.54, 1.807) is 53.2 Å². The Bertz CT molecular complexity index is 1190. The summed E-state index contributed by atoms with van der Waals surface area (Å²) in [4.78, 5) is 36.4. The van der Waals surface area contributed by atoms with Crippen LogP contribution in [0.15, 0.2) is 54.6 Å². The fraction of sp³-hybridized carbons (Fsp3) is 0.217. The molecular formula is C23H22N4O6. The maximum atomic E-state index is 12.2. The van der Waals surface area contributed by atoms with E-state index in [9.17, 15) is 14.4 Å². The van der Waals surface area contributed by atoms with Crippen molar-refractivity contribution in [1.29, 1.82) is 0 Å². The summed E-state index contributed by atoms with van der Waals surface area (Å²) in [5.41, 5.74) is 7.36. The lowest BCUT2D eigenvalue weighted by Gasteiger charge is -2.25. The number of hydrogen-bond acceptors (Lipinski definition) is 7. The second-order valence-electron chi connectivity index (χ2n) is 7.36. The number of rotatable bonds is 5. The van der Waals surface area contributed by atoms with E-state index in [0.717, 1.165) is 17.1 Å². The minimum Gasteiger partial charge on any atom is -0.485 e. The molecule has 170 valence electrons. The molecule has 4 rings (SSSR count). The summed E-state index contributed by atoms with van der Waals surface area (Å²) in [5.74, 6) is -0.984. The van der Waals surface area contributed by atoms with Gasteiger partial charge in [-0.2, -0.15) is 5.10 Å². The summed E-state index contributed by atoms with van der Waals surface area (Å²) in [6.07, 6.45) is -0.927. The van der Waals surface area contributed by atoms with Crippen LogP contribution < -0.4 is 20.3 Å². The molecule has 2 heterocycles. The SMILES string of the molecule is Cc1cc(C)n(-c2ccc(C(=O)OCC(=O)NNC(=O)C3COc4ccccc4O3)cc2)n1. The van der Waals surface area contributed by atoms with Gasteiger partial charge in [0.2, 0.25) is 6.10 Å². The number of aromatic nitrogens is 2. The van der Waals surface area contributed by atoms with Gasteiger partial charge in [0.15, 0.2) is 18.1 Å². The molecule has 1 aromatic heterocycles. The maximum Gasteiger partial charge on any atom is 0.338 e. The highest BCUT2D eigenvalue weighted by molar-refractivity contribution is 5.92. The Morgan fingerprint density at radius 2 is 1.79 bits per heavy atom. The molecule has 2 amide bonds. The van der Waals surface area contributed by atoms with Gasteiger partial charge in [-0.1, -0.05) is 12.1 Å². The molecule has 0 aliphatic carbocycles. The van der Waals surface area contributed by atoms with Crippen molar-refractivity contribution in [3.8, 4) is 17.2 Å². The lowest BCUT2D eigenvalue weighted by atomic mass is 10.2. The molecule has 1 aliphatic heterocycles. The van der Waals surface area contributed by atoms with Crippen molar-refractivity contribution in [2.75, 3.05) is 13.2 Å². The van der Waals surface area contributed by atoms with Gasteiger partial charge in [0.25, 0.3) is 11.8 Å². The number of benzene rings is 2. The van der Waals surface area contributed by atoms with Crippen LogP contribution in [-0.4, -0.2) is 46.9 Å². The summed E-state index contributed by atoms with van der Waals surface area (Å²) < 4.78 is 17.8. The zero-order valence-corrected chi connectivity index (χ0v) is 18.0. The van der Waals surface area contributed by atoms with Crippen LogP contribution in [0.5, 0.6) is 11.5 Å². The van der Waals surface area contributed by atoms with Crippen molar-refractivity contribution < 1.29 is 28.6 Å². The largest absolute Gasteiger partial charge is 0.485 e. The number of ether oxygens (including phenoxy) is 3. The molecule has 0 bridgehead atoms. The highest BCUT2D eigenvalue weighted by Crippen LogP contribution is 2.30. The van der Waals surface area contributed by atoms with Crippen LogP contribution >= 0.6 is 0 Å². The Labute approximate surface area is 189 Å². The van der Waals surface area contributed by atoms with Gasteiger partial charge in [0.1, 0.15) is 6.61 Å². The third-order valence-corrected chi connectivity index (χ3v) is 4.82. The smallest absolute Gasteiger partial charge is 0.338 e. The third-order valence-electron chi connectivity index (χ3n) is 4.82. The normalized spacial score (nSPS) is 14.3. The fourth-order valence-electron chi connectivity index (χ4n) is 3.24. The van der Waals surface area contributed by atoms with Gasteiger partial charge < -0.3 is 14.2 Å². The lowest BCUT2D eigenvalue weighted by Crippen LogP contribution is -2.51. The summed E-state index contributed by atoms with van der Waals surface area (Å²) in [6.45, 7) is 3.27. The van der Waals surface area contributed by atoms with Crippen LogP contribution in [0.1, 0.15) is 21.7 Å². The zero-order chi connectivity index (χ0) is 23.4. The molecule has 0 radical (unpaired) electrons. The molecule has 10 heteroatoms. The quantitative estimate of drug-likeness (QED) is 0.448. The van der Waals surface area contributed by atoms with Crippen molar-refractivity contribution in [3.05, 3.63) is 71.5 Å². The number of esters is 1. The number of fused-ring (bicyclic) bond motifs is 1. The van der Waals surface area contributed by atoms with Gasteiger partial charge in [-0.25, -0.2) is 9.48 Å². The summed E-state index contributed by atoms with van der Waals surface area (Å²) in [7, 11) is 0. The Morgan fingerprint density at radius 3 is 2.48 bits per heavy atom. The molecule has 0 saturated heterocycles. The molecule has 1 aliphatic rings. The predicted molar refractivity (Wildman–Crippen MR) is 116 cm³/mol. The van der Waals surface area contributed by atoms with Crippen molar-refractivity contribution in [1.82, 2.24) is 20.6 Å². The molecule has 0 fully saturated rings. The molecule has 2 aromatic carbocycles. The Morgan fingerprint density at radius 1 is 1.06 bits per heavy atom. The van der Waals surface area contributed by atoms with Crippen molar-refractivity contribution in [2.45, 2.75) is 20.0 Å². The predicted octanol–water partition coefficient (Wildman–Crippen LogP) is 1.63. The molecular weight excluding hydrogens is 428 g/mol. The molecule has 0 spiro atoms. The number of hydrazine groups is 1. The molecule has 1 unspecified atom stereocenters. The Balaban J connectivity index is 1.23. The number of nitrogens with one attached hydrogen (secondary N) is 2. The van der Waals surface area contributed by atoms with Crippen LogP contribution in [0.2, 0.25) is 0 Å². The number of nitrogens with zero attached hydrogens (tertiary/aromatic N) is 2. The van der Waals surface area contributed by atoms with Crippen LogP contribution in [0.25, 0.3) is 5.69 Å². The van der Waals surface area contributed by atoms with Crippen LogP contribution in [0, 0.1) is 13.8 Å². The minimum absolute atomic E-state index is 0.00131. The standard InChI is InChI=1S/C23H22N4O6/c1-14-11-15(2)27(26-14)17-9-7-16(8-10-17)23(30)32-13-21(28)24-25-22(29)20-12-31-18-5-3-4-6-19(18)33-20/h3-11,20H,12-13H2,1-2H3,(H,24,28)(H,25,29). The first-order chi connectivity index (χ1) is 15.9. The lowest BCUT2D eigenvalue weighted by molar-refractivity contribution is -0.135. The molecule has 10 nitrogen and oxygen atoms in total. The second kappa shape index (κ2) is 9.43. The Kier molecular flexibility index (Phi) is 6.25. The molecule has 33 heavy (non-hydrogen) atoms. The first-order valence-corrected chi connectivity index (χ1v) is 10.2. The minimum atomic E-state index is -0.927. The number of amides is 2. The van der Waals surface area contributed by atoms with E-state index in [1.807, 2.05) is 19.9 Å². The van der Waals surface area contributed by atoms with Crippen LogP contribution in [-0.2, 0) is 14.3 Å². The molecule has 2 N–H and O–H groups in total. The van der Waals surface area contributed by atoms with Gasteiger partial charge in [-0.15, -0.1) is 0 Å². The third kappa shape index (κ3) is 5.12. The van der Waals surface area contributed by atoms with E-state index >= 15 is 0 Å². The zero-order valence-electron chi connectivity index (χ0n) is 18.0. The average molecular weight is 450 g/mol. The van der Waals surface area contributed by atoms with E-state index in [-0.39, 0.29) is 12.2 Å². The monoisotopic (exact) mass is 450 g/mol. The van der Waals surface area contributed by atoms with E-state index < -0.39 is 30.5 Å². The fourth-order valence-corrected chi connectivity index (χ4v) is 3.24. The van der Waals surface area contributed by atoms with Crippen LogP contribution in [0.4, 0.5) is 0 Å². The van der Waals surface area contributed by atoms with Crippen LogP contribution in [0.3, 0.4) is 0 Å². The summed E-state index contributed by atoms with van der Waals surface area (Å²) in [5, 5.41) is 4.39. The first kappa shape index (κ1) is 21.9. The molecule has 1 atom stereocenters.